The van der Waals surface area contributed by atoms with Crippen molar-refractivity contribution in [1.82, 2.24) is 0 Å². The molecule has 1 aliphatic carbocycles. The van der Waals surface area contributed by atoms with Gasteiger partial charge in [-0.15, -0.1) is 0 Å². The van der Waals surface area contributed by atoms with Crippen LogP contribution in [0.5, 0.6) is 0 Å². The van der Waals surface area contributed by atoms with Gasteiger partial charge in [0.2, 0.25) is 0 Å². The molecular weight excluding hydrogens is 164 g/mol. The van der Waals surface area contributed by atoms with Crippen molar-refractivity contribution in [3.8, 4) is 0 Å². The SMILES string of the molecule is CC=C(C)C1CC(O)CCC12CO2. The average molecular weight is 182 g/mol. The van der Waals surface area contributed by atoms with Crippen LogP contribution in [0.3, 0.4) is 0 Å². The largest absolute Gasteiger partial charge is 0.393 e. The maximum atomic E-state index is 9.60. The summed E-state index contributed by atoms with van der Waals surface area (Å²) in [5.74, 6) is 0.459. The molecule has 0 radical (unpaired) electrons. The lowest BCUT2D eigenvalue weighted by Crippen LogP contribution is -2.35. The summed E-state index contributed by atoms with van der Waals surface area (Å²) >= 11 is 0. The Morgan fingerprint density at radius 2 is 2.31 bits per heavy atom. The van der Waals surface area contributed by atoms with Crippen molar-refractivity contribution in [1.29, 1.82) is 0 Å². The van der Waals surface area contributed by atoms with Gasteiger partial charge in [-0.3, -0.25) is 0 Å². The normalized spacial score (nSPS) is 45.3. The van der Waals surface area contributed by atoms with Crippen molar-refractivity contribution >= 4 is 0 Å². The van der Waals surface area contributed by atoms with E-state index in [4.69, 9.17) is 4.74 Å². The minimum Gasteiger partial charge on any atom is -0.393 e. The molecule has 1 saturated heterocycles. The summed E-state index contributed by atoms with van der Waals surface area (Å²) in [5.41, 5.74) is 1.49. The molecule has 0 aromatic carbocycles. The molecule has 2 fully saturated rings. The van der Waals surface area contributed by atoms with Crippen molar-refractivity contribution in [3.05, 3.63) is 11.6 Å². The third-order valence-electron chi connectivity index (χ3n) is 3.56. The molecule has 3 atom stereocenters. The summed E-state index contributed by atoms with van der Waals surface area (Å²) in [6.45, 7) is 5.11. The van der Waals surface area contributed by atoms with E-state index in [1.807, 2.05) is 0 Å². The first kappa shape index (κ1) is 9.22. The first-order valence-corrected chi connectivity index (χ1v) is 5.13. The number of epoxide rings is 1. The van der Waals surface area contributed by atoms with Crippen LogP contribution in [-0.2, 0) is 4.74 Å². The number of hydrogen-bond donors (Lipinski definition) is 1. The van der Waals surface area contributed by atoms with Crippen molar-refractivity contribution in [2.24, 2.45) is 5.92 Å². The molecule has 2 aliphatic rings. The molecule has 2 nitrogen and oxygen atoms in total. The number of rotatable bonds is 1. The highest BCUT2D eigenvalue weighted by atomic mass is 16.6. The Morgan fingerprint density at radius 1 is 1.62 bits per heavy atom. The number of aliphatic hydroxyl groups is 1. The van der Waals surface area contributed by atoms with E-state index >= 15 is 0 Å². The van der Waals surface area contributed by atoms with Gasteiger partial charge in [0.1, 0.15) is 0 Å². The van der Waals surface area contributed by atoms with E-state index in [2.05, 4.69) is 19.9 Å². The Hall–Kier alpha value is -0.340. The molecule has 13 heavy (non-hydrogen) atoms. The van der Waals surface area contributed by atoms with Crippen molar-refractivity contribution in [2.75, 3.05) is 6.61 Å². The molecule has 1 spiro atoms. The third kappa shape index (κ3) is 1.53. The quantitative estimate of drug-likeness (QED) is 0.496. The molecule has 2 rings (SSSR count). The smallest absolute Gasteiger partial charge is 0.0983 e. The van der Waals surface area contributed by atoms with Gasteiger partial charge in [0.05, 0.1) is 18.3 Å². The minimum absolute atomic E-state index is 0.116. The highest BCUT2D eigenvalue weighted by Crippen LogP contribution is 2.48. The monoisotopic (exact) mass is 182 g/mol. The van der Waals surface area contributed by atoms with Crippen LogP contribution in [-0.4, -0.2) is 23.4 Å². The first-order chi connectivity index (χ1) is 6.18. The maximum Gasteiger partial charge on any atom is 0.0983 e. The fourth-order valence-corrected chi connectivity index (χ4v) is 2.43. The second-order valence-electron chi connectivity index (χ2n) is 4.37. The highest BCUT2D eigenvalue weighted by molar-refractivity contribution is 5.16. The lowest BCUT2D eigenvalue weighted by atomic mass is 9.74. The third-order valence-corrected chi connectivity index (χ3v) is 3.56. The Morgan fingerprint density at radius 3 is 2.85 bits per heavy atom. The average Bonchev–Trinajstić information content (AvgIpc) is 2.90. The molecule has 0 amide bonds. The molecular formula is C11H18O2. The van der Waals surface area contributed by atoms with Crippen LogP contribution >= 0.6 is 0 Å². The van der Waals surface area contributed by atoms with Crippen LogP contribution in [0.1, 0.15) is 33.1 Å². The van der Waals surface area contributed by atoms with Gasteiger partial charge in [0.25, 0.3) is 0 Å². The molecule has 0 aromatic heterocycles. The molecule has 0 aromatic rings. The number of aliphatic hydroxyl groups excluding tert-OH is 1. The summed E-state index contributed by atoms with van der Waals surface area (Å²) < 4.78 is 5.57. The van der Waals surface area contributed by atoms with Crippen LogP contribution in [0, 0.1) is 5.92 Å². The van der Waals surface area contributed by atoms with E-state index in [9.17, 15) is 5.11 Å². The summed E-state index contributed by atoms with van der Waals surface area (Å²) in [4.78, 5) is 0. The van der Waals surface area contributed by atoms with Crippen LogP contribution in [0.4, 0.5) is 0 Å². The maximum absolute atomic E-state index is 9.60. The predicted molar refractivity (Wildman–Crippen MR) is 51.5 cm³/mol. The molecule has 3 unspecified atom stereocenters. The molecule has 1 N–H and O–H groups in total. The van der Waals surface area contributed by atoms with Gasteiger partial charge in [-0.2, -0.15) is 0 Å². The van der Waals surface area contributed by atoms with E-state index in [-0.39, 0.29) is 11.7 Å². The molecule has 1 aliphatic heterocycles. The molecule has 0 bridgehead atoms. The van der Waals surface area contributed by atoms with Gasteiger partial charge in [0.15, 0.2) is 0 Å². The van der Waals surface area contributed by atoms with Gasteiger partial charge >= 0.3 is 0 Å². The summed E-state index contributed by atoms with van der Waals surface area (Å²) in [6, 6.07) is 0. The lowest BCUT2D eigenvalue weighted by molar-refractivity contribution is 0.0616. The zero-order valence-corrected chi connectivity index (χ0v) is 8.42. The van der Waals surface area contributed by atoms with Crippen LogP contribution in [0.2, 0.25) is 0 Å². The van der Waals surface area contributed by atoms with E-state index in [1.54, 1.807) is 0 Å². The number of ether oxygens (including phenoxy) is 1. The fraction of sp³-hybridized carbons (Fsp3) is 0.818. The van der Waals surface area contributed by atoms with Gasteiger partial charge < -0.3 is 9.84 Å². The summed E-state index contributed by atoms with van der Waals surface area (Å²) in [7, 11) is 0. The Balaban J connectivity index is 2.13. The first-order valence-electron chi connectivity index (χ1n) is 5.13. The van der Waals surface area contributed by atoms with Gasteiger partial charge in [0, 0.05) is 5.92 Å². The molecule has 1 saturated carbocycles. The van der Waals surface area contributed by atoms with E-state index in [0.29, 0.717) is 5.92 Å². The van der Waals surface area contributed by atoms with Crippen molar-refractivity contribution in [2.45, 2.75) is 44.8 Å². The molecule has 74 valence electrons. The van der Waals surface area contributed by atoms with Crippen molar-refractivity contribution in [3.63, 3.8) is 0 Å². The molecule has 1 heterocycles. The van der Waals surface area contributed by atoms with Crippen LogP contribution in [0.15, 0.2) is 11.6 Å². The predicted octanol–water partition coefficient (Wildman–Crippen LogP) is 1.88. The van der Waals surface area contributed by atoms with Crippen molar-refractivity contribution < 1.29 is 9.84 Å². The van der Waals surface area contributed by atoms with E-state index in [1.165, 1.54) is 5.57 Å². The Kier molecular flexibility index (Phi) is 2.20. The van der Waals surface area contributed by atoms with E-state index < -0.39 is 0 Å². The zero-order chi connectivity index (χ0) is 9.47. The topological polar surface area (TPSA) is 32.8 Å². The van der Waals surface area contributed by atoms with Crippen LogP contribution < -0.4 is 0 Å². The summed E-state index contributed by atoms with van der Waals surface area (Å²) in [6.07, 6.45) is 4.86. The zero-order valence-electron chi connectivity index (χ0n) is 8.42. The Labute approximate surface area is 79.6 Å². The lowest BCUT2D eigenvalue weighted by Gasteiger charge is -2.32. The van der Waals surface area contributed by atoms with Crippen LogP contribution in [0.25, 0.3) is 0 Å². The number of allylic oxidation sites excluding steroid dienone is 1. The van der Waals surface area contributed by atoms with E-state index in [0.717, 1.165) is 25.9 Å². The number of hydrogen-bond acceptors (Lipinski definition) is 2. The van der Waals surface area contributed by atoms with Gasteiger partial charge in [-0.25, -0.2) is 0 Å². The second-order valence-corrected chi connectivity index (χ2v) is 4.37. The fourth-order valence-electron chi connectivity index (χ4n) is 2.43. The Bertz CT molecular complexity index is 228. The van der Waals surface area contributed by atoms with Gasteiger partial charge in [-0.1, -0.05) is 11.6 Å². The minimum atomic E-state index is -0.116. The van der Waals surface area contributed by atoms with Gasteiger partial charge in [-0.05, 0) is 33.1 Å². The highest BCUT2D eigenvalue weighted by Gasteiger charge is 2.54. The second kappa shape index (κ2) is 3.10. The molecule has 2 heteroatoms. The summed E-state index contributed by atoms with van der Waals surface area (Å²) in [5, 5.41) is 9.60. The standard InChI is InChI=1S/C11H18O2/c1-3-8(2)10-6-9(12)4-5-11(10)7-13-11/h3,9-10,12H,4-7H2,1-2H3.